The number of nitrogens with zero attached hydrogens (tertiary/aromatic N) is 1. The molecule has 0 spiro atoms. The number of hydrogen-bond donors (Lipinski definition) is 2. The van der Waals surface area contributed by atoms with Crippen LogP contribution in [0.5, 0.6) is 0 Å². The van der Waals surface area contributed by atoms with Crippen LogP contribution in [0.2, 0.25) is 0 Å². The van der Waals surface area contributed by atoms with Gasteiger partial charge in [0, 0.05) is 27.2 Å². The van der Waals surface area contributed by atoms with Gasteiger partial charge in [0.1, 0.15) is 0 Å². The van der Waals surface area contributed by atoms with Crippen LogP contribution in [0.1, 0.15) is 48.0 Å². The first-order valence-corrected chi connectivity index (χ1v) is 7.11. The molecule has 0 aliphatic rings. The zero-order valence-electron chi connectivity index (χ0n) is 14.5. The van der Waals surface area contributed by atoms with Crippen molar-refractivity contribution in [2.75, 3.05) is 27.2 Å². The van der Waals surface area contributed by atoms with Gasteiger partial charge in [-0.15, -0.1) is 24.0 Å². The molecule has 0 aliphatic heterocycles. The molecular weight excluding hydrogens is 365 g/mol. The zero-order chi connectivity index (χ0) is 15.1. The van der Waals surface area contributed by atoms with Gasteiger partial charge in [-0.1, -0.05) is 27.7 Å². The highest BCUT2D eigenvalue weighted by atomic mass is 127. The molecule has 0 radical (unpaired) electrons. The Kier molecular flexibility index (Phi) is 10.9. The molecule has 0 saturated carbocycles. The predicted molar refractivity (Wildman–Crippen MR) is 99.1 cm³/mol. The topological polar surface area (TPSA) is 45.7 Å². The average Bonchev–Trinajstić information content (AvgIpc) is 2.27. The number of hydrogen-bond acceptors (Lipinski definition) is 2. The first kappa shape index (κ1) is 22.2. The molecule has 0 aromatic rings. The van der Waals surface area contributed by atoms with Gasteiger partial charge in [-0.05, 0) is 31.6 Å². The minimum absolute atomic E-state index is 0. The van der Waals surface area contributed by atoms with E-state index in [1.807, 2.05) is 0 Å². The van der Waals surface area contributed by atoms with Crippen LogP contribution in [-0.4, -0.2) is 38.8 Å². The highest BCUT2D eigenvalue weighted by Gasteiger charge is 2.21. The Balaban J connectivity index is 0. The predicted octanol–water partition coefficient (Wildman–Crippen LogP) is 3.27. The lowest BCUT2D eigenvalue weighted by molar-refractivity contribution is 0.0268. The maximum absolute atomic E-state index is 5.39. The standard InChI is InChI=1S/C15H33N3O.HI/c1-12(2)9-14(3,4)10-17-13(16-7)18-11-15(5,6)19-8;/h12H,9-11H2,1-8H3,(H2,16,17,18);1H. The molecule has 20 heavy (non-hydrogen) atoms. The Bertz CT molecular complexity index is 289. The Morgan fingerprint density at radius 2 is 1.60 bits per heavy atom. The highest BCUT2D eigenvalue weighted by molar-refractivity contribution is 14.0. The lowest BCUT2D eigenvalue weighted by atomic mass is 9.84. The number of aliphatic imine (C=N–C) groups is 1. The van der Waals surface area contributed by atoms with Crippen LogP contribution in [0, 0.1) is 11.3 Å². The van der Waals surface area contributed by atoms with Crippen LogP contribution in [0.25, 0.3) is 0 Å². The largest absolute Gasteiger partial charge is 0.377 e. The number of methoxy groups -OCH3 is 1. The van der Waals surface area contributed by atoms with E-state index in [1.54, 1.807) is 14.2 Å². The van der Waals surface area contributed by atoms with Crippen LogP contribution >= 0.6 is 24.0 Å². The molecule has 5 heteroatoms. The van der Waals surface area contributed by atoms with Gasteiger partial charge in [-0.25, -0.2) is 0 Å². The van der Waals surface area contributed by atoms with Crippen molar-refractivity contribution in [1.82, 2.24) is 10.6 Å². The van der Waals surface area contributed by atoms with Crippen molar-refractivity contribution in [2.24, 2.45) is 16.3 Å². The van der Waals surface area contributed by atoms with Gasteiger partial charge in [0.25, 0.3) is 0 Å². The first-order chi connectivity index (χ1) is 8.62. The molecule has 0 aromatic carbocycles. The van der Waals surface area contributed by atoms with E-state index in [2.05, 4.69) is 57.2 Å². The van der Waals surface area contributed by atoms with Gasteiger partial charge in [-0.2, -0.15) is 0 Å². The van der Waals surface area contributed by atoms with Crippen molar-refractivity contribution < 1.29 is 4.74 Å². The summed E-state index contributed by atoms with van der Waals surface area (Å²) in [6.07, 6.45) is 1.19. The molecule has 0 saturated heterocycles. The van der Waals surface area contributed by atoms with E-state index < -0.39 is 0 Å². The molecule has 4 nitrogen and oxygen atoms in total. The molecule has 0 aliphatic carbocycles. The first-order valence-electron chi connectivity index (χ1n) is 7.11. The number of ether oxygens (including phenoxy) is 1. The van der Waals surface area contributed by atoms with Gasteiger partial charge in [0.15, 0.2) is 5.96 Å². The third-order valence-corrected chi connectivity index (χ3v) is 3.15. The normalized spacial score (nSPS) is 13.2. The second kappa shape index (κ2) is 9.82. The van der Waals surface area contributed by atoms with Crippen LogP contribution in [0.3, 0.4) is 0 Å². The molecule has 0 unspecified atom stereocenters. The summed E-state index contributed by atoms with van der Waals surface area (Å²) in [7, 11) is 3.52. The van der Waals surface area contributed by atoms with E-state index in [1.165, 1.54) is 6.42 Å². The fourth-order valence-electron chi connectivity index (χ4n) is 2.09. The minimum Gasteiger partial charge on any atom is -0.377 e. The molecule has 2 N–H and O–H groups in total. The van der Waals surface area contributed by atoms with E-state index >= 15 is 0 Å². The van der Waals surface area contributed by atoms with E-state index in [4.69, 9.17) is 4.74 Å². The highest BCUT2D eigenvalue weighted by Crippen LogP contribution is 2.23. The molecule has 0 atom stereocenters. The van der Waals surface area contributed by atoms with Crippen molar-refractivity contribution in [3.63, 3.8) is 0 Å². The third-order valence-electron chi connectivity index (χ3n) is 3.15. The van der Waals surface area contributed by atoms with E-state index in [9.17, 15) is 0 Å². The van der Waals surface area contributed by atoms with E-state index in [0.717, 1.165) is 19.0 Å². The summed E-state index contributed by atoms with van der Waals surface area (Å²) in [5.41, 5.74) is 0.0770. The maximum atomic E-state index is 5.39. The lowest BCUT2D eigenvalue weighted by Crippen LogP contribution is -2.47. The summed E-state index contributed by atoms with van der Waals surface area (Å²) in [5, 5.41) is 6.70. The van der Waals surface area contributed by atoms with Crippen LogP contribution in [0.4, 0.5) is 0 Å². The summed E-state index contributed by atoms with van der Waals surface area (Å²) in [6, 6.07) is 0. The van der Waals surface area contributed by atoms with Crippen molar-refractivity contribution in [3.05, 3.63) is 0 Å². The third kappa shape index (κ3) is 10.7. The smallest absolute Gasteiger partial charge is 0.191 e. The number of rotatable bonds is 7. The van der Waals surface area contributed by atoms with Gasteiger partial charge < -0.3 is 15.4 Å². The Labute approximate surface area is 142 Å². The van der Waals surface area contributed by atoms with Crippen LogP contribution < -0.4 is 10.6 Å². The summed E-state index contributed by atoms with van der Waals surface area (Å²) in [6.45, 7) is 14.8. The van der Waals surface area contributed by atoms with Crippen molar-refractivity contribution in [1.29, 1.82) is 0 Å². The molecule has 122 valence electrons. The van der Waals surface area contributed by atoms with Crippen molar-refractivity contribution >= 4 is 29.9 Å². The van der Waals surface area contributed by atoms with Gasteiger partial charge in [0.2, 0.25) is 0 Å². The van der Waals surface area contributed by atoms with Crippen LogP contribution in [0.15, 0.2) is 4.99 Å². The van der Waals surface area contributed by atoms with Crippen molar-refractivity contribution in [3.8, 4) is 0 Å². The zero-order valence-corrected chi connectivity index (χ0v) is 16.8. The minimum atomic E-state index is -0.189. The Hall–Kier alpha value is -0.0400. The summed E-state index contributed by atoms with van der Waals surface area (Å²) in [5.74, 6) is 1.54. The average molecular weight is 399 g/mol. The number of guanidine groups is 1. The monoisotopic (exact) mass is 399 g/mol. The van der Waals surface area contributed by atoms with E-state index in [0.29, 0.717) is 5.92 Å². The fraction of sp³-hybridized carbons (Fsp3) is 0.933. The summed E-state index contributed by atoms with van der Waals surface area (Å²) >= 11 is 0. The second-order valence-corrected chi connectivity index (χ2v) is 7.01. The fourth-order valence-corrected chi connectivity index (χ4v) is 2.09. The Morgan fingerprint density at radius 3 is 2.00 bits per heavy atom. The van der Waals surface area contributed by atoms with Gasteiger partial charge >= 0.3 is 0 Å². The number of nitrogens with one attached hydrogen (secondary N) is 2. The van der Waals surface area contributed by atoms with Crippen LogP contribution in [-0.2, 0) is 4.74 Å². The number of halogens is 1. The van der Waals surface area contributed by atoms with Gasteiger partial charge in [-0.3, -0.25) is 4.99 Å². The summed E-state index contributed by atoms with van der Waals surface area (Å²) < 4.78 is 5.39. The lowest BCUT2D eigenvalue weighted by Gasteiger charge is -2.29. The van der Waals surface area contributed by atoms with Crippen molar-refractivity contribution in [2.45, 2.75) is 53.6 Å². The molecule has 0 bridgehead atoms. The molecule has 0 fully saturated rings. The quantitative estimate of drug-likeness (QED) is 0.393. The molecule has 0 amide bonds. The summed E-state index contributed by atoms with van der Waals surface area (Å²) in [4.78, 5) is 4.25. The second-order valence-electron chi connectivity index (χ2n) is 7.01. The SMILES string of the molecule is CN=C(NCC(C)(C)CC(C)C)NCC(C)(C)OC.I. The molecule has 0 aromatic heterocycles. The van der Waals surface area contributed by atoms with Gasteiger partial charge in [0.05, 0.1) is 5.60 Å². The van der Waals surface area contributed by atoms with E-state index in [-0.39, 0.29) is 35.0 Å². The Morgan fingerprint density at radius 1 is 1.10 bits per heavy atom. The maximum Gasteiger partial charge on any atom is 0.191 e. The molecule has 0 heterocycles. The molecule has 0 rings (SSSR count). The molecular formula is C15H34IN3O.